The van der Waals surface area contributed by atoms with Crippen molar-refractivity contribution in [1.29, 1.82) is 0 Å². The van der Waals surface area contributed by atoms with E-state index in [0.717, 1.165) is 0 Å². The van der Waals surface area contributed by atoms with Gasteiger partial charge in [0, 0.05) is 6.54 Å². The summed E-state index contributed by atoms with van der Waals surface area (Å²) >= 11 is 0. The van der Waals surface area contributed by atoms with Crippen LogP contribution in [0, 0.1) is 0 Å². The van der Waals surface area contributed by atoms with Crippen molar-refractivity contribution in [3.8, 4) is 0 Å². The standard InChI is InChI=1S/C7H12N2O4/c1-12-7(11)8-4-6(10)9-2-3-13-5-9/h2-5H2,1H3,(H,8,11). The third-order valence-corrected chi connectivity index (χ3v) is 1.67. The summed E-state index contributed by atoms with van der Waals surface area (Å²) in [5, 5.41) is 2.30. The molecule has 0 aromatic rings. The van der Waals surface area contributed by atoms with Crippen LogP contribution in [0.1, 0.15) is 0 Å². The number of carbonyl (C=O) groups excluding carboxylic acids is 2. The van der Waals surface area contributed by atoms with Gasteiger partial charge in [0.2, 0.25) is 5.91 Å². The number of carbonyl (C=O) groups is 2. The summed E-state index contributed by atoms with van der Waals surface area (Å²) in [6.45, 7) is 1.41. The molecule has 1 saturated heterocycles. The Morgan fingerprint density at radius 3 is 2.92 bits per heavy atom. The second-order valence-electron chi connectivity index (χ2n) is 2.54. The number of hydrogen-bond acceptors (Lipinski definition) is 4. The van der Waals surface area contributed by atoms with Crippen molar-refractivity contribution in [3.63, 3.8) is 0 Å². The van der Waals surface area contributed by atoms with Gasteiger partial charge < -0.3 is 19.7 Å². The Labute approximate surface area is 75.8 Å². The molecular formula is C7H12N2O4. The molecule has 2 amide bonds. The molecule has 1 aliphatic rings. The highest BCUT2D eigenvalue weighted by molar-refractivity contribution is 5.82. The minimum atomic E-state index is -0.603. The molecule has 1 rings (SSSR count). The predicted molar refractivity (Wildman–Crippen MR) is 42.9 cm³/mol. The molecular weight excluding hydrogens is 176 g/mol. The van der Waals surface area contributed by atoms with Crippen LogP contribution < -0.4 is 5.32 Å². The lowest BCUT2D eigenvalue weighted by atomic mass is 10.5. The van der Waals surface area contributed by atoms with Gasteiger partial charge in [0.25, 0.3) is 0 Å². The Morgan fingerprint density at radius 2 is 2.38 bits per heavy atom. The molecule has 0 spiro atoms. The Kier molecular flexibility index (Phi) is 3.51. The van der Waals surface area contributed by atoms with E-state index in [1.54, 1.807) is 0 Å². The zero-order valence-corrected chi connectivity index (χ0v) is 7.41. The van der Waals surface area contributed by atoms with E-state index >= 15 is 0 Å². The first-order valence-corrected chi connectivity index (χ1v) is 3.91. The van der Waals surface area contributed by atoms with Gasteiger partial charge in [-0.05, 0) is 0 Å². The number of alkyl carbamates (subject to hydrolysis) is 1. The van der Waals surface area contributed by atoms with Crippen LogP contribution in [0.4, 0.5) is 4.79 Å². The van der Waals surface area contributed by atoms with Gasteiger partial charge in [0.1, 0.15) is 13.3 Å². The lowest BCUT2D eigenvalue weighted by Crippen LogP contribution is -2.38. The van der Waals surface area contributed by atoms with Crippen molar-refractivity contribution in [3.05, 3.63) is 0 Å². The minimum absolute atomic E-state index is 0.0456. The molecule has 0 aliphatic carbocycles. The molecule has 0 saturated carbocycles. The molecule has 13 heavy (non-hydrogen) atoms. The molecule has 0 aromatic heterocycles. The van der Waals surface area contributed by atoms with E-state index in [2.05, 4.69) is 10.1 Å². The number of methoxy groups -OCH3 is 1. The number of ether oxygens (including phenoxy) is 2. The van der Waals surface area contributed by atoms with Gasteiger partial charge in [-0.15, -0.1) is 0 Å². The second-order valence-corrected chi connectivity index (χ2v) is 2.54. The number of rotatable bonds is 2. The Bertz CT molecular complexity index is 201. The fourth-order valence-corrected chi connectivity index (χ4v) is 0.942. The molecule has 0 atom stereocenters. The molecule has 74 valence electrons. The van der Waals surface area contributed by atoms with Crippen LogP contribution in [0.3, 0.4) is 0 Å². The normalized spacial score (nSPS) is 15.6. The molecule has 0 aromatic carbocycles. The number of amides is 2. The van der Waals surface area contributed by atoms with Crippen molar-refractivity contribution < 1.29 is 19.1 Å². The first-order valence-electron chi connectivity index (χ1n) is 3.91. The maximum atomic E-state index is 11.2. The maximum Gasteiger partial charge on any atom is 0.407 e. The molecule has 0 radical (unpaired) electrons. The van der Waals surface area contributed by atoms with Crippen LogP contribution in [0.15, 0.2) is 0 Å². The molecule has 6 heteroatoms. The van der Waals surface area contributed by atoms with Crippen molar-refractivity contribution in [2.45, 2.75) is 0 Å². The van der Waals surface area contributed by atoms with Crippen molar-refractivity contribution >= 4 is 12.0 Å². The second kappa shape index (κ2) is 4.66. The Hall–Kier alpha value is -1.30. The predicted octanol–water partition coefficient (Wildman–Crippen LogP) is -0.841. The Balaban J connectivity index is 2.20. The van der Waals surface area contributed by atoms with Crippen molar-refractivity contribution in [2.75, 3.05) is 33.5 Å². The van der Waals surface area contributed by atoms with Crippen molar-refractivity contribution in [2.24, 2.45) is 0 Å². The zero-order valence-electron chi connectivity index (χ0n) is 7.41. The molecule has 0 unspecified atom stereocenters. The number of nitrogens with zero attached hydrogens (tertiary/aromatic N) is 1. The molecule has 6 nitrogen and oxygen atoms in total. The van der Waals surface area contributed by atoms with Gasteiger partial charge in [0.15, 0.2) is 0 Å². The van der Waals surface area contributed by atoms with Crippen LogP contribution in [-0.2, 0) is 14.3 Å². The summed E-state index contributed by atoms with van der Waals surface area (Å²) in [6, 6.07) is 0. The van der Waals surface area contributed by atoms with Gasteiger partial charge in [0.05, 0.1) is 13.7 Å². The number of hydrogen-bond donors (Lipinski definition) is 1. The van der Waals surface area contributed by atoms with E-state index in [9.17, 15) is 9.59 Å². The Morgan fingerprint density at radius 1 is 1.62 bits per heavy atom. The summed E-state index contributed by atoms with van der Waals surface area (Å²) < 4.78 is 9.28. The SMILES string of the molecule is COC(=O)NCC(=O)N1CCOC1. The quantitative estimate of drug-likeness (QED) is 0.613. The maximum absolute atomic E-state index is 11.2. The first kappa shape index (κ1) is 9.79. The summed E-state index contributed by atoms with van der Waals surface area (Å²) in [5.74, 6) is -0.164. The first-order chi connectivity index (χ1) is 6.24. The molecule has 1 N–H and O–H groups in total. The van der Waals surface area contributed by atoms with Crippen molar-refractivity contribution in [1.82, 2.24) is 10.2 Å². The minimum Gasteiger partial charge on any atom is -0.453 e. The topological polar surface area (TPSA) is 67.9 Å². The van der Waals surface area contributed by atoms with E-state index in [1.807, 2.05) is 0 Å². The van der Waals surface area contributed by atoms with E-state index in [1.165, 1.54) is 12.0 Å². The van der Waals surface area contributed by atoms with Gasteiger partial charge in [-0.2, -0.15) is 0 Å². The lowest BCUT2D eigenvalue weighted by Gasteiger charge is -2.12. The fraction of sp³-hybridized carbons (Fsp3) is 0.714. The highest BCUT2D eigenvalue weighted by Gasteiger charge is 2.18. The third kappa shape index (κ3) is 2.90. The summed E-state index contributed by atoms with van der Waals surface area (Å²) in [7, 11) is 1.25. The molecule has 1 aliphatic heterocycles. The van der Waals surface area contributed by atoms with E-state index in [0.29, 0.717) is 19.9 Å². The van der Waals surface area contributed by atoms with Crippen LogP contribution in [-0.4, -0.2) is 50.4 Å². The average molecular weight is 188 g/mol. The van der Waals surface area contributed by atoms with Crippen LogP contribution in [0.25, 0.3) is 0 Å². The van der Waals surface area contributed by atoms with Gasteiger partial charge in [-0.1, -0.05) is 0 Å². The highest BCUT2D eigenvalue weighted by atomic mass is 16.5. The average Bonchev–Trinajstić information content (AvgIpc) is 2.66. The number of nitrogens with one attached hydrogen (secondary N) is 1. The van der Waals surface area contributed by atoms with Gasteiger partial charge in [-0.25, -0.2) is 4.79 Å². The van der Waals surface area contributed by atoms with Crippen LogP contribution in [0.2, 0.25) is 0 Å². The molecule has 1 fully saturated rings. The smallest absolute Gasteiger partial charge is 0.407 e. The van der Waals surface area contributed by atoms with Crippen LogP contribution >= 0.6 is 0 Å². The van der Waals surface area contributed by atoms with Gasteiger partial charge >= 0.3 is 6.09 Å². The summed E-state index contributed by atoms with van der Waals surface area (Å²) in [6.07, 6.45) is -0.603. The van der Waals surface area contributed by atoms with E-state index in [4.69, 9.17) is 4.74 Å². The summed E-state index contributed by atoms with van der Waals surface area (Å²) in [5.41, 5.74) is 0. The largest absolute Gasteiger partial charge is 0.453 e. The highest BCUT2D eigenvalue weighted by Crippen LogP contribution is 1.98. The van der Waals surface area contributed by atoms with Gasteiger partial charge in [-0.3, -0.25) is 4.79 Å². The molecule has 1 heterocycles. The zero-order chi connectivity index (χ0) is 9.68. The summed E-state index contributed by atoms with van der Waals surface area (Å²) in [4.78, 5) is 23.4. The fourth-order valence-electron chi connectivity index (χ4n) is 0.942. The molecule has 0 bridgehead atoms. The van der Waals surface area contributed by atoms with E-state index < -0.39 is 6.09 Å². The van der Waals surface area contributed by atoms with E-state index in [-0.39, 0.29) is 12.5 Å². The monoisotopic (exact) mass is 188 g/mol. The lowest BCUT2D eigenvalue weighted by molar-refractivity contribution is -0.130. The van der Waals surface area contributed by atoms with Crippen LogP contribution in [0.5, 0.6) is 0 Å². The third-order valence-electron chi connectivity index (χ3n) is 1.67.